The minimum absolute atomic E-state index is 0.0367. The molecule has 1 aromatic heterocycles. The number of pyridine rings is 1. The Labute approximate surface area is 111 Å². The van der Waals surface area contributed by atoms with Crippen molar-refractivity contribution >= 4 is 17.3 Å². The maximum absolute atomic E-state index is 13.1. The third-order valence-corrected chi connectivity index (χ3v) is 3.28. The van der Waals surface area contributed by atoms with E-state index in [1.807, 2.05) is 32.0 Å². The molecule has 0 bridgehead atoms. The summed E-state index contributed by atoms with van der Waals surface area (Å²) in [6.45, 7) is 3.90. The fourth-order valence-corrected chi connectivity index (χ4v) is 1.92. The van der Waals surface area contributed by atoms with Crippen LogP contribution in [0.5, 0.6) is 0 Å². The summed E-state index contributed by atoms with van der Waals surface area (Å²) < 4.78 is 13.1. The van der Waals surface area contributed by atoms with E-state index in [-0.39, 0.29) is 11.9 Å². The van der Waals surface area contributed by atoms with E-state index in [9.17, 15) is 4.39 Å². The predicted octanol–water partition coefficient (Wildman–Crippen LogP) is 4.36. The Bertz CT molecular complexity index is 557. The highest BCUT2D eigenvalue weighted by atomic mass is 35.5. The van der Waals surface area contributed by atoms with Gasteiger partial charge in [0.15, 0.2) is 0 Å². The largest absolute Gasteiger partial charge is 0.378 e. The van der Waals surface area contributed by atoms with Crippen molar-refractivity contribution in [3.8, 4) is 0 Å². The Morgan fingerprint density at radius 2 is 2.11 bits per heavy atom. The molecular weight excluding hydrogens is 251 g/mol. The molecule has 0 radical (unpaired) electrons. The first-order valence-electron chi connectivity index (χ1n) is 5.70. The van der Waals surface area contributed by atoms with Gasteiger partial charge < -0.3 is 5.32 Å². The number of aromatic nitrogens is 1. The summed E-state index contributed by atoms with van der Waals surface area (Å²) in [5, 5.41) is 4.02. The number of nitrogens with zero attached hydrogens (tertiary/aromatic N) is 1. The number of hydrogen-bond acceptors (Lipinski definition) is 2. The molecule has 4 heteroatoms. The van der Waals surface area contributed by atoms with Crippen LogP contribution in [0, 0.1) is 12.7 Å². The molecular formula is C14H14ClFN2. The topological polar surface area (TPSA) is 24.9 Å². The van der Waals surface area contributed by atoms with Crippen molar-refractivity contribution < 1.29 is 4.39 Å². The molecule has 2 rings (SSSR count). The zero-order chi connectivity index (χ0) is 13.1. The fourth-order valence-electron chi connectivity index (χ4n) is 1.75. The first-order chi connectivity index (χ1) is 8.58. The molecule has 0 spiro atoms. The van der Waals surface area contributed by atoms with Gasteiger partial charge in [-0.05, 0) is 43.2 Å². The van der Waals surface area contributed by atoms with Crippen molar-refractivity contribution in [3.05, 3.63) is 58.6 Å². The van der Waals surface area contributed by atoms with Gasteiger partial charge in [0, 0.05) is 16.9 Å². The molecule has 18 heavy (non-hydrogen) atoms. The monoisotopic (exact) mass is 264 g/mol. The average molecular weight is 265 g/mol. The molecule has 2 nitrogen and oxygen atoms in total. The number of nitrogens with one attached hydrogen (secondary N) is 1. The summed E-state index contributed by atoms with van der Waals surface area (Å²) >= 11 is 6.06. The first kappa shape index (κ1) is 12.8. The zero-order valence-corrected chi connectivity index (χ0v) is 11.0. The molecule has 1 unspecified atom stereocenters. The maximum Gasteiger partial charge on any atom is 0.141 e. The minimum Gasteiger partial charge on any atom is -0.378 e. The third kappa shape index (κ3) is 2.79. The molecule has 94 valence electrons. The lowest BCUT2D eigenvalue weighted by atomic mass is 10.1. The van der Waals surface area contributed by atoms with E-state index < -0.39 is 0 Å². The van der Waals surface area contributed by atoms with Crippen LogP contribution in [0.3, 0.4) is 0 Å². The van der Waals surface area contributed by atoms with Gasteiger partial charge in [-0.3, -0.25) is 4.98 Å². The molecule has 1 aromatic carbocycles. The number of anilines is 1. The summed E-state index contributed by atoms with van der Waals surface area (Å²) in [5.74, 6) is -0.330. The predicted molar refractivity (Wildman–Crippen MR) is 72.4 cm³/mol. The van der Waals surface area contributed by atoms with Crippen molar-refractivity contribution in [1.29, 1.82) is 0 Å². The highest BCUT2D eigenvalue weighted by Gasteiger charge is 2.09. The Balaban J connectivity index is 2.21. The summed E-state index contributed by atoms with van der Waals surface area (Å²) in [4.78, 5) is 3.85. The molecule has 0 aliphatic heterocycles. The van der Waals surface area contributed by atoms with Crippen LogP contribution in [0.4, 0.5) is 10.1 Å². The summed E-state index contributed by atoms with van der Waals surface area (Å²) in [5.41, 5.74) is 2.73. The van der Waals surface area contributed by atoms with Gasteiger partial charge >= 0.3 is 0 Å². The normalized spacial score (nSPS) is 12.2. The van der Waals surface area contributed by atoms with E-state index in [4.69, 9.17) is 11.6 Å². The number of benzene rings is 1. The smallest absolute Gasteiger partial charge is 0.141 e. The van der Waals surface area contributed by atoms with Gasteiger partial charge in [-0.2, -0.15) is 0 Å². The number of rotatable bonds is 3. The summed E-state index contributed by atoms with van der Waals surface area (Å²) in [7, 11) is 0. The molecule has 1 N–H and O–H groups in total. The third-order valence-electron chi connectivity index (χ3n) is 2.87. The van der Waals surface area contributed by atoms with Gasteiger partial charge in [0.05, 0.1) is 12.2 Å². The lowest BCUT2D eigenvalue weighted by Crippen LogP contribution is -2.08. The summed E-state index contributed by atoms with van der Waals surface area (Å²) in [6.07, 6.45) is 2.85. The lowest BCUT2D eigenvalue weighted by molar-refractivity contribution is 0.616. The van der Waals surface area contributed by atoms with Crippen LogP contribution in [-0.2, 0) is 0 Å². The zero-order valence-electron chi connectivity index (χ0n) is 10.2. The highest BCUT2D eigenvalue weighted by Crippen LogP contribution is 2.26. The van der Waals surface area contributed by atoms with Crippen LogP contribution in [-0.4, -0.2) is 4.98 Å². The molecule has 0 aliphatic carbocycles. The second-order valence-corrected chi connectivity index (χ2v) is 4.62. The molecule has 2 aromatic rings. The molecule has 0 saturated carbocycles. The molecule has 0 saturated heterocycles. The van der Waals surface area contributed by atoms with Crippen LogP contribution in [0.25, 0.3) is 0 Å². The molecule has 1 heterocycles. The highest BCUT2D eigenvalue weighted by molar-refractivity contribution is 6.31. The van der Waals surface area contributed by atoms with Crippen LogP contribution < -0.4 is 5.32 Å². The fraction of sp³-hybridized carbons (Fsp3) is 0.214. The van der Waals surface area contributed by atoms with E-state index in [1.54, 1.807) is 6.20 Å². The molecule has 0 amide bonds. The van der Waals surface area contributed by atoms with Gasteiger partial charge in [0.2, 0.25) is 0 Å². The van der Waals surface area contributed by atoms with Crippen molar-refractivity contribution in [2.45, 2.75) is 19.9 Å². The SMILES string of the molecule is Cc1c(Cl)cccc1NC(C)c1cncc(F)c1. The summed E-state index contributed by atoms with van der Waals surface area (Å²) in [6, 6.07) is 7.12. The van der Waals surface area contributed by atoms with Crippen LogP contribution >= 0.6 is 11.6 Å². The van der Waals surface area contributed by atoms with E-state index in [0.717, 1.165) is 16.8 Å². The second-order valence-electron chi connectivity index (χ2n) is 4.21. The van der Waals surface area contributed by atoms with Gasteiger partial charge in [0.25, 0.3) is 0 Å². The van der Waals surface area contributed by atoms with Crippen molar-refractivity contribution in [2.24, 2.45) is 0 Å². The number of hydrogen-bond donors (Lipinski definition) is 1. The van der Waals surface area contributed by atoms with E-state index >= 15 is 0 Å². The Hall–Kier alpha value is -1.61. The quantitative estimate of drug-likeness (QED) is 0.891. The van der Waals surface area contributed by atoms with Crippen LogP contribution in [0.15, 0.2) is 36.7 Å². The second kappa shape index (κ2) is 5.36. The Morgan fingerprint density at radius 3 is 2.83 bits per heavy atom. The van der Waals surface area contributed by atoms with Crippen LogP contribution in [0.2, 0.25) is 5.02 Å². The maximum atomic E-state index is 13.1. The standard InChI is InChI=1S/C14H14ClFN2/c1-9-13(15)4-3-5-14(9)18-10(2)11-6-12(16)8-17-7-11/h3-8,10,18H,1-2H3. The lowest BCUT2D eigenvalue weighted by Gasteiger charge is -2.17. The van der Waals surface area contributed by atoms with Gasteiger partial charge in [-0.1, -0.05) is 17.7 Å². The van der Waals surface area contributed by atoms with E-state index in [0.29, 0.717) is 5.02 Å². The van der Waals surface area contributed by atoms with E-state index in [2.05, 4.69) is 10.3 Å². The first-order valence-corrected chi connectivity index (χ1v) is 6.08. The Morgan fingerprint density at radius 1 is 1.33 bits per heavy atom. The molecule has 0 fully saturated rings. The van der Waals surface area contributed by atoms with E-state index in [1.165, 1.54) is 12.3 Å². The van der Waals surface area contributed by atoms with Crippen molar-refractivity contribution in [3.63, 3.8) is 0 Å². The van der Waals surface area contributed by atoms with Gasteiger partial charge in [0.1, 0.15) is 5.82 Å². The van der Waals surface area contributed by atoms with Crippen LogP contribution in [0.1, 0.15) is 24.1 Å². The van der Waals surface area contributed by atoms with Crippen molar-refractivity contribution in [2.75, 3.05) is 5.32 Å². The van der Waals surface area contributed by atoms with Gasteiger partial charge in [-0.25, -0.2) is 4.39 Å². The Kier molecular flexibility index (Phi) is 3.82. The van der Waals surface area contributed by atoms with Crippen molar-refractivity contribution in [1.82, 2.24) is 4.98 Å². The number of halogens is 2. The minimum atomic E-state index is -0.330. The molecule has 1 atom stereocenters. The van der Waals surface area contributed by atoms with Gasteiger partial charge in [-0.15, -0.1) is 0 Å². The average Bonchev–Trinajstić information content (AvgIpc) is 2.35. The molecule has 0 aliphatic rings.